The standard InChI is InChI=1S/C9H13N5O/c1-7-4-9(12-15-7)6-14-5-8(2-3-10)11-13-14/h4-5H,2-3,6,10H2,1H3. The molecule has 15 heavy (non-hydrogen) atoms. The van der Waals surface area contributed by atoms with E-state index in [0.29, 0.717) is 13.1 Å². The molecule has 80 valence electrons. The average molecular weight is 207 g/mol. The number of hydrogen-bond donors (Lipinski definition) is 1. The SMILES string of the molecule is Cc1cc(Cn2cc(CCN)nn2)no1. The van der Waals surface area contributed by atoms with Crippen LogP contribution in [0.5, 0.6) is 0 Å². The molecule has 0 aliphatic heterocycles. The molecule has 0 aliphatic rings. The van der Waals surface area contributed by atoms with Crippen LogP contribution in [-0.2, 0) is 13.0 Å². The first-order valence-corrected chi connectivity index (χ1v) is 4.79. The molecule has 2 aromatic rings. The minimum absolute atomic E-state index is 0.578. The van der Waals surface area contributed by atoms with Gasteiger partial charge in [0.25, 0.3) is 0 Å². The Morgan fingerprint density at radius 1 is 1.47 bits per heavy atom. The summed E-state index contributed by atoms with van der Waals surface area (Å²) in [7, 11) is 0. The molecular weight excluding hydrogens is 194 g/mol. The molecular formula is C9H13N5O. The Bertz CT molecular complexity index is 433. The summed E-state index contributed by atoms with van der Waals surface area (Å²) in [6.07, 6.45) is 2.62. The lowest BCUT2D eigenvalue weighted by Crippen LogP contribution is -2.02. The van der Waals surface area contributed by atoms with E-state index >= 15 is 0 Å². The van der Waals surface area contributed by atoms with Gasteiger partial charge in [0.1, 0.15) is 11.5 Å². The summed E-state index contributed by atoms with van der Waals surface area (Å²) in [4.78, 5) is 0. The number of aromatic nitrogens is 4. The highest BCUT2D eigenvalue weighted by Crippen LogP contribution is 2.03. The van der Waals surface area contributed by atoms with Gasteiger partial charge in [-0.2, -0.15) is 0 Å². The van der Waals surface area contributed by atoms with E-state index in [1.807, 2.05) is 19.2 Å². The van der Waals surface area contributed by atoms with Gasteiger partial charge in [-0.1, -0.05) is 10.4 Å². The van der Waals surface area contributed by atoms with E-state index in [1.54, 1.807) is 4.68 Å². The van der Waals surface area contributed by atoms with Gasteiger partial charge in [-0.15, -0.1) is 5.10 Å². The molecule has 2 N–H and O–H groups in total. The maximum Gasteiger partial charge on any atom is 0.133 e. The first-order valence-electron chi connectivity index (χ1n) is 4.79. The van der Waals surface area contributed by atoms with Crippen molar-refractivity contribution in [1.82, 2.24) is 20.2 Å². The maximum absolute atomic E-state index is 5.42. The van der Waals surface area contributed by atoms with Gasteiger partial charge < -0.3 is 10.3 Å². The van der Waals surface area contributed by atoms with E-state index < -0.39 is 0 Å². The highest BCUT2D eigenvalue weighted by Gasteiger charge is 2.04. The fraction of sp³-hybridized carbons (Fsp3) is 0.444. The highest BCUT2D eigenvalue weighted by atomic mass is 16.5. The minimum atomic E-state index is 0.578. The third kappa shape index (κ3) is 2.41. The molecule has 0 saturated carbocycles. The van der Waals surface area contributed by atoms with Gasteiger partial charge in [0.15, 0.2) is 0 Å². The van der Waals surface area contributed by atoms with Crippen LogP contribution in [0.1, 0.15) is 17.1 Å². The zero-order valence-corrected chi connectivity index (χ0v) is 8.55. The van der Waals surface area contributed by atoms with Crippen molar-refractivity contribution in [3.05, 3.63) is 29.4 Å². The molecule has 0 radical (unpaired) electrons. The van der Waals surface area contributed by atoms with Gasteiger partial charge in [-0.3, -0.25) is 0 Å². The average Bonchev–Trinajstić information content (AvgIpc) is 2.78. The molecule has 6 nitrogen and oxygen atoms in total. The van der Waals surface area contributed by atoms with E-state index in [9.17, 15) is 0 Å². The number of nitrogens with zero attached hydrogens (tertiary/aromatic N) is 4. The zero-order valence-electron chi connectivity index (χ0n) is 8.55. The van der Waals surface area contributed by atoms with Crippen molar-refractivity contribution in [2.24, 2.45) is 5.73 Å². The van der Waals surface area contributed by atoms with Crippen LogP contribution in [0.2, 0.25) is 0 Å². The van der Waals surface area contributed by atoms with Gasteiger partial charge in [0.2, 0.25) is 0 Å². The second-order valence-electron chi connectivity index (χ2n) is 3.38. The zero-order chi connectivity index (χ0) is 10.7. The van der Waals surface area contributed by atoms with Crippen LogP contribution < -0.4 is 5.73 Å². The van der Waals surface area contributed by atoms with Gasteiger partial charge in [0.05, 0.1) is 12.2 Å². The summed E-state index contributed by atoms with van der Waals surface area (Å²) in [6, 6.07) is 1.88. The normalized spacial score (nSPS) is 10.8. The second kappa shape index (κ2) is 4.22. The summed E-state index contributed by atoms with van der Waals surface area (Å²) in [5.74, 6) is 0.798. The Labute approximate surface area is 87.0 Å². The van der Waals surface area contributed by atoms with Crippen LogP contribution in [0.3, 0.4) is 0 Å². The Morgan fingerprint density at radius 2 is 2.33 bits per heavy atom. The van der Waals surface area contributed by atoms with Crippen molar-refractivity contribution in [3.63, 3.8) is 0 Å². The van der Waals surface area contributed by atoms with Crippen LogP contribution >= 0.6 is 0 Å². The smallest absolute Gasteiger partial charge is 0.133 e. The second-order valence-corrected chi connectivity index (χ2v) is 3.38. The first kappa shape index (κ1) is 9.85. The van der Waals surface area contributed by atoms with Crippen molar-refractivity contribution < 1.29 is 4.52 Å². The Kier molecular flexibility index (Phi) is 2.77. The predicted octanol–water partition coefficient (Wildman–Crippen LogP) is 0.124. The Morgan fingerprint density at radius 3 is 3.00 bits per heavy atom. The third-order valence-electron chi connectivity index (χ3n) is 1.99. The molecule has 0 fully saturated rings. The number of nitrogens with two attached hydrogens (primary N) is 1. The highest BCUT2D eigenvalue weighted by molar-refractivity contribution is 5.04. The molecule has 0 unspecified atom stereocenters. The van der Waals surface area contributed by atoms with E-state index in [-0.39, 0.29) is 0 Å². The Hall–Kier alpha value is -1.69. The molecule has 0 saturated heterocycles. The lowest BCUT2D eigenvalue weighted by atomic mass is 10.3. The van der Waals surface area contributed by atoms with E-state index in [2.05, 4.69) is 15.5 Å². The van der Waals surface area contributed by atoms with Gasteiger partial charge in [-0.05, 0) is 13.5 Å². The lowest BCUT2D eigenvalue weighted by Gasteiger charge is -1.93. The number of hydrogen-bond acceptors (Lipinski definition) is 5. The lowest BCUT2D eigenvalue weighted by molar-refractivity contribution is 0.387. The number of rotatable bonds is 4. The molecule has 6 heteroatoms. The third-order valence-corrected chi connectivity index (χ3v) is 1.99. The van der Waals surface area contributed by atoms with Gasteiger partial charge in [0, 0.05) is 18.7 Å². The van der Waals surface area contributed by atoms with Crippen LogP contribution in [0.4, 0.5) is 0 Å². The van der Waals surface area contributed by atoms with Crippen LogP contribution in [0, 0.1) is 6.92 Å². The minimum Gasteiger partial charge on any atom is -0.361 e. The molecule has 0 aromatic carbocycles. The van der Waals surface area contributed by atoms with E-state index in [4.69, 9.17) is 10.3 Å². The van der Waals surface area contributed by atoms with E-state index in [1.165, 1.54) is 0 Å². The fourth-order valence-corrected chi connectivity index (χ4v) is 1.34. The van der Waals surface area contributed by atoms with Crippen LogP contribution in [0.15, 0.2) is 16.8 Å². The summed E-state index contributed by atoms with van der Waals surface area (Å²) in [5, 5.41) is 11.8. The molecule has 0 aliphatic carbocycles. The molecule has 0 amide bonds. The van der Waals surface area contributed by atoms with Crippen LogP contribution in [0.25, 0.3) is 0 Å². The molecule has 2 aromatic heterocycles. The van der Waals surface area contributed by atoms with Crippen LogP contribution in [-0.4, -0.2) is 26.7 Å². The topological polar surface area (TPSA) is 82.8 Å². The Balaban J connectivity index is 2.04. The number of aryl methyl sites for hydroxylation is 1. The largest absolute Gasteiger partial charge is 0.361 e. The summed E-state index contributed by atoms with van der Waals surface area (Å²) < 4.78 is 6.68. The molecule has 2 rings (SSSR count). The van der Waals surface area contributed by atoms with Crippen molar-refractivity contribution in [2.45, 2.75) is 19.9 Å². The molecule has 0 spiro atoms. The van der Waals surface area contributed by atoms with Crippen molar-refractivity contribution in [1.29, 1.82) is 0 Å². The van der Waals surface area contributed by atoms with Crippen molar-refractivity contribution in [3.8, 4) is 0 Å². The fourth-order valence-electron chi connectivity index (χ4n) is 1.34. The van der Waals surface area contributed by atoms with E-state index in [0.717, 1.165) is 23.6 Å². The maximum atomic E-state index is 5.42. The quantitative estimate of drug-likeness (QED) is 0.770. The molecule has 0 atom stereocenters. The monoisotopic (exact) mass is 207 g/mol. The first-order chi connectivity index (χ1) is 7.28. The van der Waals surface area contributed by atoms with Crippen molar-refractivity contribution in [2.75, 3.05) is 6.54 Å². The summed E-state index contributed by atoms with van der Waals surface area (Å²) >= 11 is 0. The molecule has 2 heterocycles. The van der Waals surface area contributed by atoms with Crippen molar-refractivity contribution >= 4 is 0 Å². The summed E-state index contributed by atoms with van der Waals surface area (Å²) in [6.45, 7) is 3.02. The van der Waals surface area contributed by atoms with Gasteiger partial charge in [-0.25, -0.2) is 4.68 Å². The predicted molar refractivity (Wildman–Crippen MR) is 53.1 cm³/mol. The van der Waals surface area contributed by atoms with Gasteiger partial charge >= 0.3 is 0 Å². The summed E-state index contributed by atoms with van der Waals surface area (Å²) in [5.41, 5.74) is 7.17. The molecule has 0 bridgehead atoms.